The Bertz CT molecular complexity index is 1230. The number of amides is 1. The maximum absolute atomic E-state index is 13.0. The normalized spacial score (nSPS) is 11.7. The molecule has 5 rings (SSSR count). The zero-order chi connectivity index (χ0) is 20.7. The van der Waals surface area contributed by atoms with Crippen molar-refractivity contribution in [2.75, 3.05) is 19.5 Å². The number of aromatic nitrogens is 3. The van der Waals surface area contributed by atoms with Crippen LogP contribution in [0.15, 0.2) is 59.3 Å². The third-order valence-electron chi connectivity index (χ3n) is 5.11. The molecule has 0 atom stereocenters. The van der Waals surface area contributed by atoms with Gasteiger partial charge in [0.25, 0.3) is 5.91 Å². The van der Waals surface area contributed by atoms with E-state index in [1.807, 2.05) is 42.5 Å². The van der Waals surface area contributed by atoms with Gasteiger partial charge < -0.3 is 19.3 Å². The van der Waals surface area contributed by atoms with Crippen molar-refractivity contribution in [1.82, 2.24) is 14.9 Å². The van der Waals surface area contributed by atoms with Crippen LogP contribution < -0.4 is 14.8 Å². The lowest BCUT2D eigenvalue weighted by molar-refractivity contribution is 0.102. The van der Waals surface area contributed by atoms with Crippen LogP contribution >= 0.6 is 0 Å². The molecular weight excluding hydrogens is 384 g/mol. The lowest BCUT2D eigenvalue weighted by atomic mass is 10.1. The van der Waals surface area contributed by atoms with Crippen molar-refractivity contribution in [3.8, 4) is 28.4 Å². The molecule has 150 valence electrons. The third-order valence-corrected chi connectivity index (χ3v) is 5.11. The van der Waals surface area contributed by atoms with Crippen LogP contribution in [-0.2, 0) is 6.42 Å². The summed E-state index contributed by atoms with van der Waals surface area (Å²) in [7, 11) is 3.21. The van der Waals surface area contributed by atoms with Gasteiger partial charge in [0.2, 0.25) is 0 Å². The van der Waals surface area contributed by atoms with Gasteiger partial charge in [-0.1, -0.05) is 23.4 Å². The van der Waals surface area contributed by atoms with E-state index >= 15 is 0 Å². The van der Waals surface area contributed by atoms with E-state index in [4.69, 9.17) is 14.0 Å². The fraction of sp³-hybridized carbons (Fsp3) is 0.136. The molecule has 0 saturated carbocycles. The quantitative estimate of drug-likeness (QED) is 0.482. The molecule has 0 spiro atoms. The number of fused-ring (bicyclic) bond motifs is 3. The second kappa shape index (κ2) is 7.07. The van der Waals surface area contributed by atoms with Crippen LogP contribution in [0.4, 0.5) is 5.82 Å². The Morgan fingerprint density at radius 2 is 1.87 bits per heavy atom. The molecule has 0 saturated heterocycles. The van der Waals surface area contributed by atoms with E-state index in [1.54, 1.807) is 25.0 Å². The lowest BCUT2D eigenvalue weighted by Gasteiger charge is -2.12. The second-order valence-electron chi connectivity index (χ2n) is 6.80. The number of carbonyl (C=O) groups is 1. The molecular formula is C22H18N4O4. The van der Waals surface area contributed by atoms with Gasteiger partial charge in [0, 0.05) is 23.6 Å². The molecule has 2 aromatic carbocycles. The summed E-state index contributed by atoms with van der Waals surface area (Å²) in [6.07, 6.45) is 1.95. The van der Waals surface area contributed by atoms with Crippen LogP contribution in [0.1, 0.15) is 21.6 Å². The minimum Gasteiger partial charge on any atom is -0.493 e. The smallest absolute Gasteiger partial charge is 0.277 e. The Morgan fingerprint density at radius 3 is 2.57 bits per heavy atom. The van der Waals surface area contributed by atoms with Crippen molar-refractivity contribution in [2.45, 2.75) is 6.42 Å². The zero-order valence-corrected chi connectivity index (χ0v) is 16.4. The largest absolute Gasteiger partial charge is 0.493 e. The van der Waals surface area contributed by atoms with Crippen LogP contribution in [0.25, 0.3) is 16.9 Å². The Labute approximate surface area is 172 Å². The summed E-state index contributed by atoms with van der Waals surface area (Å²) in [5.74, 6) is 1.26. The lowest BCUT2D eigenvalue weighted by Crippen LogP contribution is -2.15. The van der Waals surface area contributed by atoms with Gasteiger partial charge in [-0.25, -0.2) is 4.68 Å². The molecule has 0 unspecified atom stereocenters. The highest BCUT2D eigenvalue weighted by atomic mass is 16.5. The minimum atomic E-state index is -0.346. The summed E-state index contributed by atoms with van der Waals surface area (Å²) < 4.78 is 17.5. The van der Waals surface area contributed by atoms with Gasteiger partial charge >= 0.3 is 0 Å². The average molecular weight is 402 g/mol. The monoisotopic (exact) mass is 402 g/mol. The summed E-state index contributed by atoms with van der Waals surface area (Å²) in [5, 5.41) is 11.1. The molecule has 2 heterocycles. The SMILES string of the molecule is COc1cc2c(cc1OC)-c1c(c(C(=O)Nc3ccon3)nn1-c1ccccc1)C2. The molecule has 0 fully saturated rings. The van der Waals surface area contributed by atoms with Crippen molar-refractivity contribution in [3.05, 3.63) is 71.6 Å². The summed E-state index contributed by atoms with van der Waals surface area (Å²) in [6, 6.07) is 15.2. The molecule has 1 aliphatic rings. The molecule has 0 radical (unpaired) electrons. The third kappa shape index (κ3) is 2.81. The van der Waals surface area contributed by atoms with Crippen molar-refractivity contribution in [3.63, 3.8) is 0 Å². The van der Waals surface area contributed by atoms with Gasteiger partial charge in [-0.2, -0.15) is 5.10 Å². The first kappa shape index (κ1) is 18.0. The molecule has 8 heteroatoms. The van der Waals surface area contributed by atoms with Gasteiger partial charge in [0.05, 0.1) is 25.6 Å². The average Bonchev–Trinajstić information content (AvgIpc) is 3.49. The highest BCUT2D eigenvalue weighted by molar-refractivity contribution is 6.05. The van der Waals surface area contributed by atoms with Crippen molar-refractivity contribution in [1.29, 1.82) is 0 Å². The van der Waals surface area contributed by atoms with E-state index < -0.39 is 0 Å². The molecule has 0 bridgehead atoms. The number of nitrogens with one attached hydrogen (secondary N) is 1. The zero-order valence-electron chi connectivity index (χ0n) is 16.4. The number of ether oxygens (including phenoxy) is 2. The van der Waals surface area contributed by atoms with Crippen LogP contribution in [0.5, 0.6) is 11.5 Å². The number of benzene rings is 2. The Morgan fingerprint density at radius 1 is 1.10 bits per heavy atom. The van der Waals surface area contributed by atoms with Crippen LogP contribution in [0, 0.1) is 0 Å². The summed E-state index contributed by atoms with van der Waals surface area (Å²) in [4.78, 5) is 13.0. The number of nitrogens with zero attached hydrogens (tertiary/aromatic N) is 3. The molecule has 1 amide bonds. The van der Waals surface area contributed by atoms with Crippen molar-refractivity contribution in [2.24, 2.45) is 0 Å². The van der Waals surface area contributed by atoms with Crippen molar-refractivity contribution < 1.29 is 18.8 Å². The minimum absolute atomic E-state index is 0.335. The van der Waals surface area contributed by atoms with E-state index in [0.717, 1.165) is 28.1 Å². The number of carbonyl (C=O) groups excluding carboxylic acids is 1. The fourth-order valence-corrected chi connectivity index (χ4v) is 3.76. The number of hydrogen-bond acceptors (Lipinski definition) is 6. The molecule has 1 N–H and O–H groups in total. The summed E-state index contributed by atoms with van der Waals surface area (Å²) in [5.41, 5.74) is 4.90. The number of para-hydroxylation sites is 1. The highest BCUT2D eigenvalue weighted by Crippen LogP contribution is 2.44. The number of rotatable bonds is 5. The molecule has 4 aromatic rings. The first-order chi connectivity index (χ1) is 14.7. The van der Waals surface area contributed by atoms with Gasteiger partial charge in [-0.05, 0) is 29.8 Å². The number of anilines is 1. The molecule has 2 aromatic heterocycles. The number of methoxy groups -OCH3 is 2. The predicted octanol–water partition coefficient (Wildman–Crippen LogP) is 3.70. The Balaban J connectivity index is 1.68. The Hall–Kier alpha value is -4.07. The van der Waals surface area contributed by atoms with E-state index in [1.165, 1.54) is 6.26 Å². The van der Waals surface area contributed by atoms with E-state index in [-0.39, 0.29) is 5.91 Å². The van der Waals surface area contributed by atoms with Gasteiger partial charge in [0.1, 0.15) is 6.26 Å². The molecule has 0 aliphatic heterocycles. The second-order valence-corrected chi connectivity index (χ2v) is 6.80. The van der Waals surface area contributed by atoms with Crippen LogP contribution in [-0.4, -0.2) is 35.1 Å². The molecule has 30 heavy (non-hydrogen) atoms. The van der Waals surface area contributed by atoms with Crippen molar-refractivity contribution >= 4 is 11.7 Å². The summed E-state index contributed by atoms with van der Waals surface area (Å²) in [6.45, 7) is 0. The van der Waals surface area contributed by atoms with Gasteiger partial charge in [0.15, 0.2) is 23.0 Å². The first-order valence-electron chi connectivity index (χ1n) is 9.34. The van der Waals surface area contributed by atoms with Crippen LogP contribution in [0.3, 0.4) is 0 Å². The first-order valence-corrected chi connectivity index (χ1v) is 9.34. The van der Waals surface area contributed by atoms with Gasteiger partial charge in [-0.15, -0.1) is 0 Å². The maximum Gasteiger partial charge on any atom is 0.277 e. The fourth-order valence-electron chi connectivity index (χ4n) is 3.76. The highest BCUT2D eigenvalue weighted by Gasteiger charge is 2.32. The topological polar surface area (TPSA) is 91.4 Å². The van der Waals surface area contributed by atoms with E-state index in [2.05, 4.69) is 15.6 Å². The Kier molecular flexibility index (Phi) is 4.24. The predicted molar refractivity (Wildman–Crippen MR) is 109 cm³/mol. The van der Waals surface area contributed by atoms with E-state index in [9.17, 15) is 4.79 Å². The van der Waals surface area contributed by atoms with Gasteiger partial charge in [-0.3, -0.25) is 4.79 Å². The number of hydrogen-bond donors (Lipinski definition) is 1. The maximum atomic E-state index is 13.0. The molecule has 1 aliphatic carbocycles. The summed E-state index contributed by atoms with van der Waals surface area (Å²) >= 11 is 0. The standard InChI is InChI=1S/C22H18N4O4/c1-28-17-11-13-10-16-20(22(27)23-19-8-9-30-25-19)24-26(14-6-4-3-5-7-14)21(16)15(13)12-18(17)29-2/h3-9,11-12H,10H2,1-2H3,(H,23,25,27). The van der Waals surface area contributed by atoms with Crippen LogP contribution in [0.2, 0.25) is 0 Å². The molecule has 8 nitrogen and oxygen atoms in total. The van der Waals surface area contributed by atoms with E-state index in [0.29, 0.717) is 29.4 Å².